The first-order chi connectivity index (χ1) is 19.6. The molecule has 11 nitrogen and oxygen atoms in total. The molecular formula is C29H35N5O6S. The third-order valence-corrected chi connectivity index (χ3v) is 7.98. The molecule has 2 aromatic carbocycles. The van der Waals surface area contributed by atoms with E-state index < -0.39 is 28.1 Å². The number of aliphatic carboxylic acids is 1. The van der Waals surface area contributed by atoms with Crippen molar-refractivity contribution in [2.45, 2.75) is 33.2 Å². The summed E-state index contributed by atoms with van der Waals surface area (Å²) < 4.78 is 34.7. The van der Waals surface area contributed by atoms with Crippen LogP contribution < -0.4 is 19.7 Å². The van der Waals surface area contributed by atoms with E-state index in [9.17, 15) is 23.1 Å². The lowest BCUT2D eigenvalue weighted by molar-refractivity contribution is -0.140. The molecule has 3 rings (SSSR count). The first-order valence-corrected chi connectivity index (χ1v) is 14.8. The van der Waals surface area contributed by atoms with Gasteiger partial charge in [-0.2, -0.15) is 22.7 Å². The highest BCUT2D eigenvalue weighted by molar-refractivity contribution is 7.87. The van der Waals surface area contributed by atoms with Gasteiger partial charge in [0, 0.05) is 43.0 Å². The molecule has 1 atom stereocenters. The van der Waals surface area contributed by atoms with Gasteiger partial charge in [0.25, 0.3) is 16.1 Å². The zero-order valence-corrected chi connectivity index (χ0v) is 24.2. The van der Waals surface area contributed by atoms with E-state index in [4.69, 9.17) is 10.00 Å². The molecule has 0 aliphatic carbocycles. The lowest BCUT2D eigenvalue weighted by Gasteiger charge is -2.36. The number of nitriles is 1. The predicted molar refractivity (Wildman–Crippen MR) is 155 cm³/mol. The highest BCUT2D eigenvalue weighted by Crippen LogP contribution is 2.21. The lowest BCUT2D eigenvalue weighted by atomic mass is 10.1. The number of nitrogens with zero attached hydrogens (tertiary/aromatic N) is 3. The summed E-state index contributed by atoms with van der Waals surface area (Å²) in [6.45, 7) is 6.98. The Hall–Kier alpha value is -4.10. The van der Waals surface area contributed by atoms with E-state index in [1.807, 2.05) is 37.3 Å². The van der Waals surface area contributed by atoms with E-state index >= 15 is 0 Å². The van der Waals surface area contributed by atoms with Crippen LogP contribution in [0.25, 0.3) is 0 Å². The Bertz CT molecular complexity index is 1430. The number of piperazine rings is 1. The molecule has 1 aliphatic rings. The summed E-state index contributed by atoms with van der Waals surface area (Å²) in [6.07, 6.45) is 0.786. The quantitative estimate of drug-likeness (QED) is 0.270. The summed E-state index contributed by atoms with van der Waals surface area (Å²) in [7, 11) is -3.93. The molecule has 1 fully saturated rings. The second kappa shape index (κ2) is 14.5. The molecule has 0 bridgehead atoms. The molecule has 0 unspecified atom stereocenters. The van der Waals surface area contributed by atoms with Crippen LogP contribution in [0.2, 0.25) is 0 Å². The summed E-state index contributed by atoms with van der Waals surface area (Å²) in [5, 5.41) is 20.6. The van der Waals surface area contributed by atoms with Crippen LogP contribution in [0.5, 0.6) is 5.75 Å². The number of benzene rings is 2. The zero-order valence-electron chi connectivity index (χ0n) is 23.4. The van der Waals surface area contributed by atoms with Crippen molar-refractivity contribution in [3.05, 3.63) is 59.2 Å². The average molecular weight is 582 g/mol. The van der Waals surface area contributed by atoms with Crippen molar-refractivity contribution in [3.8, 4) is 23.7 Å². The van der Waals surface area contributed by atoms with Gasteiger partial charge in [0.2, 0.25) is 0 Å². The van der Waals surface area contributed by atoms with E-state index in [1.165, 1.54) is 4.31 Å². The van der Waals surface area contributed by atoms with E-state index in [2.05, 4.69) is 26.8 Å². The van der Waals surface area contributed by atoms with Crippen LogP contribution in [-0.2, 0) is 15.0 Å². The number of carboxylic acids is 1. The van der Waals surface area contributed by atoms with Crippen molar-refractivity contribution in [1.82, 2.24) is 14.3 Å². The minimum absolute atomic E-state index is 0.112. The number of nitrogens with one attached hydrogen (secondary N) is 2. The minimum atomic E-state index is -3.93. The Morgan fingerprint density at radius 3 is 2.27 bits per heavy atom. The number of ether oxygens (including phenoxy) is 1. The third kappa shape index (κ3) is 8.69. The van der Waals surface area contributed by atoms with Crippen LogP contribution in [0.3, 0.4) is 0 Å². The lowest BCUT2D eigenvalue weighted by Crippen LogP contribution is -2.55. The summed E-state index contributed by atoms with van der Waals surface area (Å²) in [5.41, 5.74) is 2.61. The Balaban J connectivity index is 1.65. The normalized spacial score (nSPS) is 14.5. The van der Waals surface area contributed by atoms with Gasteiger partial charge in [0.05, 0.1) is 18.2 Å². The fourth-order valence-corrected chi connectivity index (χ4v) is 5.62. The maximum Gasteiger partial charge on any atom is 0.322 e. The minimum Gasteiger partial charge on any atom is -0.493 e. The Labute approximate surface area is 241 Å². The van der Waals surface area contributed by atoms with Gasteiger partial charge in [-0.25, -0.2) is 0 Å². The van der Waals surface area contributed by atoms with Gasteiger partial charge in [0.1, 0.15) is 18.3 Å². The number of amides is 1. The van der Waals surface area contributed by atoms with Gasteiger partial charge >= 0.3 is 5.97 Å². The van der Waals surface area contributed by atoms with Crippen LogP contribution >= 0.6 is 0 Å². The Morgan fingerprint density at radius 1 is 1.05 bits per heavy atom. The fraction of sp³-hybridized carbons (Fsp3) is 0.414. The monoisotopic (exact) mass is 581 g/mol. The van der Waals surface area contributed by atoms with Gasteiger partial charge < -0.3 is 20.1 Å². The van der Waals surface area contributed by atoms with Crippen molar-refractivity contribution >= 4 is 27.8 Å². The molecule has 1 amide bonds. The van der Waals surface area contributed by atoms with Crippen LogP contribution in [-0.4, -0.2) is 75.1 Å². The molecule has 1 heterocycles. The van der Waals surface area contributed by atoms with Gasteiger partial charge in [-0.3, -0.25) is 9.59 Å². The number of carbonyl (C=O) groups is 2. The van der Waals surface area contributed by atoms with Crippen LogP contribution in [0.4, 0.5) is 5.69 Å². The molecular weight excluding hydrogens is 546 g/mol. The Kier molecular flexibility index (Phi) is 11.1. The van der Waals surface area contributed by atoms with Gasteiger partial charge in [-0.05, 0) is 54.8 Å². The highest BCUT2D eigenvalue weighted by atomic mass is 32.2. The van der Waals surface area contributed by atoms with E-state index in [0.717, 1.165) is 17.7 Å². The summed E-state index contributed by atoms with van der Waals surface area (Å²) >= 11 is 0. The fourth-order valence-electron chi connectivity index (χ4n) is 4.13. The second-order valence-corrected chi connectivity index (χ2v) is 11.5. The van der Waals surface area contributed by atoms with E-state index in [1.54, 1.807) is 32.0 Å². The van der Waals surface area contributed by atoms with Crippen LogP contribution in [0, 0.1) is 29.1 Å². The van der Waals surface area contributed by atoms with Gasteiger partial charge in [-0.1, -0.05) is 32.6 Å². The van der Waals surface area contributed by atoms with Crippen molar-refractivity contribution in [2.75, 3.05) is 44.2 Å². The van der Waals surface area contributed by atoms with Crippen molar-refractivity contribution < 1.29 is 27.9 Å². The molecule has 0 saturated carbocycles. The topological polar surface area (TPSA) is 152 Å². The molecule has 2 aromatic rings. The van der Waals surface area contributed by atoms with E-state index in [-0.39, 0.29) is 25.6 Å². The smallest absolute Gasteiger partial charge is 0.322 e. The molecule has 218 valence electrons. The van der Waals surface area contributed by atoms with Crippen LogP contribution in [0.1, 0.15) is 48.7 Å². The zero-order chi connectivity index (χ0) is 30.0. The molecule has 1 saturated heterocycles. The highest BCUT2D eigenvalue weighted by Gasteiger charge is 2.33. The molecule has 12 heteroatoms. The maximum absolute atomic E-state index is 12.7. The van der Waals surface area contributed by atoms with Gasteiger partial charge in [-0.15, -0.1) is 0 Å². The third-order valence-electron chi connectivity index (χ3n) is 6.38. The first-order valence-electron chi connectivity index (χ1n) is 13.3. The predicted octanol–water partition coefficient (Wildman–Crippen LogP) is 2.19. The summed E-state index contributed by atoms with van der Waals surface area (Å²) in [4.78, 5) is 26.0. The van der Waals surface area contributed by atoms with Crippen molar-refractivity contribution in [1.29, 1.82) is 5.26 Å². The SMILES string of the molecule is CCCOc1ccc(C#Cc2ccc(N3CCN(S(=O)(=O)N[C@@H](C(=O)O)C(C)C)CC3)cc2)cc1C(=O)NCC#N. The maximum atomic E-state index is 12.7. The van der Waals surface area contributed by atoms with Gasteiger partial charge in [0.15, 0.2) is 0 Å². The molecule has 0 radical (unpaired) electrons. The first kappa shape index (κ1) is 31.4. The van der Waals surface area contributed by atoms with Crippen molar-refractivity contribution in [2.24, 2.45) is 5.92 Å². The largest absolute Gasteiger partial charge is 0.493 e. The number of hydrogen-bond donors (Lipinski definition) is 3. The molecule has 0 aromatic heterocycles. The average Bonchev–Trinajstić information content (AvgIpc) is 2.96. The number of carbonyl (C=O) groups excluding carboxylic acids is 1. The molecule has 3 N–H and O–H groups in total. The number of carboxylic acid groups (broad SMARTS) is 1. The van der Waals surface area contributed by atoms with Crippen molar-refractivity contribution in [3.63, 3.8) is 0 Å². The Morgan fingerprint density at radius 2 is 1.68 bits per heavy atom. The molecule has 1 aliphatic heterocycles. The molecule has 0 spiro atoms. The van der Waals surface area contributed by atoms with Crippen LogP contribution in [0.15, 0.2) is 42.5 Å². The standard InChI is InChI=1S/C29H35N5O6S/c1-4-19-40-26-12-9-23(20-25(26)28(35)31-14-13-30)6-5-22-7-10-24(11-8-22)33-15-17-34(18-16-33)41(38,39)32-27(21(2)3)29(36)37/h7-12,20-21,27,32H,4,14-19H2,1-3H3,(H,31,35)(H,36,37)/t27-/m1/s1. The van der Waals surface area contributed by atoms with E-state index in [0.29, 0.717) is 36.6 Å². The molecule has 41 heavy (non-hydrogen) atoms. The second-order valence-electron chi connectivity index (χ2n) is 9.77. The summed E-state index contributed by atoms with van der Waals surface area (Å²) in [5.74, 6) is 4.59. The number of hydrogen-bond acceptors (Lipinski definition) is 7. The summed E-state index contributed by atoms with van der Waals surface area (Å²) in [6, 6.07) is 13.4. The number of rotatable bonds is 11. The number of anilines is 1.